The molecule has 1 aromatic rings. The fourth-order valence-corrected chi connectivity index (χ4v) is 3.01. The van der Waals surface area contributed by atoms with Gasteiger partial charge in [-0.2, -0.15) is 8.42 Å². The van der Waals surface area contributed by atoms with Gasteiger partial charge in [0.25, 0.3) is 10.1 Å². The Bertz CT molecular complexity index is 643. The van der Waals surface area contributed by atoms with Gasteiger partial charge in [0.2, 0.25) is 5.91 Å². The Morgan fingerprint density at radius 2 is 1.81 bits per heavy atom. The van der Waals surface area contributed by atoms with E-state index >= 15 is 0 Å². The highest BCUT2D eigenvalue weighted by molar-refractivity contribution is 7.85. The van der Waals surface area contributed by atoms with Crippen LogP contribution in [0.1, 0.15) is 29.5 Å². The summed E-state index contributed by atoms with van der Waals surface area (Å²) in [4.78, 5) is 13.8. The third-order valence-electron chi connectivity index (χ3n) is 3.99. The Morgan fingerprint density at radius 3 is 2.33 bits per heavy atom. The van der Waals surface area contributed by atoms with E-state index < -0.39 is 10.1 Å². The van der Waals surface area contributed by atoms with E-state index in [1.807, 2.05) is 32.9 Å². The Hall–Kier alpha value is -1.40. The summed E-state index contributed by atoms with van der Waals surface area (Å²) in [6, 6.07) is 3.71. The molecule has 5 nitrogen and oxygen atoms in total. The molecule has 0 aliphatic carbocycles. The second-order valence-electron chi connectivity index (χ2n) is 5.65. The fourth-order valence-electron chi connectivity index (χ4n) is 2.61. The van der Waals surface area contributed by atoms with Crippen LogP contribution >= 0.6 is 0 Å². The van der Waals surface area contributed by atoms with Crippen LogP contribution in [0.25, 0.3) is 0 Å². The van der Waals surface area contributed by atoms with Crippen LogP contribution in [0.15, 0.2) is 12.1 Å². The number of carbonyl (C=O) groups excluding carboxylic acids is 1. The lowest BCUT2D eigenvalue weighted by atomic mass is 10.0. The van der Waals surface area contributed by atoms with Gasteiger partial charge >= 0.3 is 0 Å². The molecule has 0 radical (unpaired) electrons. The standard InChI is InChI=1S/C15H21NO4S/c1-10-7-14(8-11(2)12(10)3)16-13(5-6-15(16)17)9-20-21(4,18)19/h7-8,13H,5-6,9H2,1-4H3/t13-/m1/s1. The molecular formula is C15H21NO4S. The van der Waals surface area contributed by atoms with Crippen molar-refractivity contribution in [1.82, 2.24) is 0 Å². The first-order valence-electron chi connectivity index (χ1n) is 6.93. The van der Waals surface area contributed by atoms with E-state index in [0.717, 1.165) is 23.1 Å². The molecule has 1 heterocycles. The number of hydrogen-bond donors (Lipinski definition) is 0. The van der Waals surface area contributed by atoms with Crippen molar-refractivity contribution < 1.29 is 17.4 Å². The Morgan fingerprint density at radius 1 is 1.24 bits per heavy atom. The van der Waals surface area contributed by atoms with Gasteiger partial charge in [0.05, 0.1) is 18.9 Å². The van der Waals surface area contributed by atoms with Gasteiger partial charge < -0.3 is 4.90 Å². The minimum atomic E-state index is -3.50. The predicted molar refractivity (Wildman–Crippen MR) is 82.0 cm³/mol. The average Bonchev–Trinajstić information content (AvgIpc) is 2.73. The molecule has 1 amide bonds. The molecule has 0 saturated carbocycles. The summed E-state index contributed by atoms with van der Waals surface area (Å²) >= 11 is 0. The van der Waals surface area contributed by atoms with E-state index in [9.17, 15) is 13.2 Å². The van der Waals surface area contributed by atoms with E-state index in [-0.39, 0.29) is 18.6 Å². The number of benzene rings is 1. The molecule has 1 aliphatic rings. The molecule has 1 saturated heterocycles. The predicted octanol–water partition coefficient (Wildman–Crippen LogP) is 2.08. The van der Waals surface area contributed by atoms with Gasteiger partial charge in [-0.1, -0.05) is 0 Å². The normalized spacial score (nSPS) is 19.3. The first-order chi connectivity index (χ1) is 9.69. The lowest BCUT2D eigenvalue weighted by molar-refractivity contribution is -0.117. The van der Waals surface area contributed by atoms with Crippen molar-refractivity contribution in [3.8, 4) is 0 Å². The number of rotatable bonds is 4. The molecule has 6 heteroatoms. The van der Waals surface area contributed by atoms with Gasteiger partial charge in [0.1, 0.15) is 0 Å². The van der Waals surface area contributed by atoms with Gasteiger partial charge in [0.15, 0.2) is 0 Å². The van der Waals surface area contributed by atoms with Gasteiger partial charge in [-0.3, -0.25) is 8.98 Å². The Kier molecular flexibility index (Phi) is 4.39. The van der Waals surface area contributed by atoms with Crippen LogP contribution in [0.3, 0.4) is 0 Å². The largest absolute Gasteiger partial charge is 0.307 e. The molecule has 0 unspecified atom stereocenters. The summed E-state index contributed by atoms with van der Waals surface area (Å²) in [5, 5.41) is 0. The number of nitrogens with zero attached hydrogens (tertiary/aromatic N) is 1. The molecule has 1 aliphatic heterocycles. The summed E-state index contributed by atoms with van der Waals surface area (Å²) in [7, 11) is -3.50. The van der Waals surface area contributed by atoms with Crippen LogP contribution in [-0.2, 0) is 19.1 Å². The molecule has 0 aromatic heterocycles. The summed E-state index contributed by atoms with van der Waals surface area (Å²) in [6.45, 7) is 6.07. The summed E-state index contributed by atoms with van der Waals surface area (Å²) in [5.74, 6) is 0.0137. The molecule has 116 valence electrons. The van der Waals surface area contributed by atoms with Crippen LogP contribution < -0.4 is 4.90 Å². The molecule has 0 spiro atoms. The van der Waals surface area contributed by atoms with Crippen LogP contribution in [0.2, 0.25) is 0 Å². The fraction of sp³-hybridized carbons (Fsp3) is 0.533. The molecule has 1 fully saturated rings. The minimum absolute atomic E-state index is 0.0105. The van der Waals surface area contributed by atoms with E-state index in [1.165, 1.54) is 5.56 Å². The molecule has 0 N–H and O–H groups in total. The van der Waals surface area contributed by atoms with Crippen molar-refractivity contribution in [3.63, 3.8) is 0 Å². The molecule has 1 atom stereocenters. The van der Waals surface area contributed by atoms with Crippen molar-refractivity contribution in [2.75, 3.05) is 17.8 Å². The maximum Gasteiger partial charge on any atom is 0.264 e. The number of aryl methyl sites for hydroxylation is 2. The van der Waals surface area contributed by atoms with Crippen LogP contribution in [0.5, 0.6) is 0 Å². The topological polar surface area (TPSA) is 63.7 Å². The zero-order valence-electron chi connectivity index (χ0n) is 12.8. The maximum atomic E-state index is 12.1. The molecule has 2 rings (SSSR count). The summed E-state index contributed by atoms with van der Waals surface area (Å²) in [5.41, 5.74) is 4.26. The van der Waals surface area contributed by atoms with Gasteiger partial charge in [-0.25, -0.2) is 0 Å². The monoisotopic (exact) mass is 311 g/mol. The van der Waals surface area contributed by atoms with Crippen LogP contribution in [-0.4, -0.2) is 33.2 Å². The molecule has 0 bridgehead atoms. The third-order valence-corrected chi connectivity index (χ3v) is 4.55. The molecular weight excluding hydrogens is 290 g/mol. The first-order valence-corrected chi connectivity index (χ1v) is 8.75. The first kappa shape index (κ1) is 16.0. The Labute approximate surface area is 126 Å². The van der Waals surface area contributed by atoms with Crippen molar-refractivity contribution in [2.45, 2.75) is 39.7 Å². The number of anilines is 1. The summed E-state index contributed by atoms with van der Waals surface area (Å²) in [6.07, 6.45) is 2.05. The quantitative estimate of drug-likeness (QED) is 0.799. The van der Waals surface area contributed by atoms with Crippen molar-refractivity contribution in [1.29, 1.82) is 0 Å². The maximum absolute atomic E-state index is 12.1. The van der Waals surface area contributed by atoms with Gasteiger partial charge in [-0.05, 0) is 56.0 Å². The zero-order valence-corrected chi connectivity index (χ0v) is 13.7. The second kappa shape index (κ2) is 5.77. The SMILES string of the molecule is Cc1cc(N2C(=O)CC[C@@H]2COS(C)(=O)=O)cc(C)c1C. The van der Waals surface area contributed by atoms with E-state index in [2.05, 4.69) is 0 Å². The highest BCUT2D eigenvalue weighted by atomic mass is 32.2. The minimum Gasteiger partial charge on any atom is -0.307 e. The number of hydrogen-bond acceptors (Lipinski definition) is 4. The van der Waals surface area contributed by atoms with Crippen LogP contribution in [0, 0.1) is 20.8 Å². The number of amides is 1. The highest BCUT2D eigenvalue weighted by Crippen LogP contribution is 2.30. The molecule has 21 heavy (non-hydrogen) atoms. The van der Waals surface area contributed by atoms with Gasteiger partial charge in [0, 0.05) is 12.1 Å². The van der Waals surface area contributed by atoms with E-state index in [0.29, 0.717) is 12.8 Å². The van der Waals surface area contributed by atoms with Crippen molar-refractivity contribution >= 4 is 21.7 Å². The second-order valence-corrected chi connectivity index (χ2v) is 7.29. The highest BCUT2D eigenvalue weighted by Gasteiger charge is 2.33. The average molecular weight is 311 g/mol. The Balaban J connectivity index is 2.28. The van der Waals surface area contributed by atoms with Crippen molar-refractivity contribution in [2.24, 2.45) is 0 Å². The third kappa shape index (κ3) is 3.63. The van der Waals surface area contributed by atoms with E-state index in [4.69, 9.17) is 4.18 Å². The van der Waals surface area contributed by atoms with Crippen molar-refractivity contribution in [3.05, 3.63) is 28.8 Å². The summed E-state index contributed by atoms with van der Waals surface area (Å²) < 4.78 is 27.2. The zero-order chi connectivity index (χ0) is 15.8. The molecule has 1 aromatic carbocycles. The van der Waals surface area contributed by atoms with E-state index in [1.54, 1.807) is 4.90 Å². The smallest absolute Gasteiger partial charge is 0.264 e. The number of carbonyl (C=O) groups is 1. The van der Waals surface area contributed by atoms with Gasteiger partial charge in [-0.15, -0.1) is 0 Å². The lowest BCUT2D eigenvalue weighted by Crippen LogP contribution is -2.36. The lowest BCUT2D eigenvalue weighted by Gasteiger charge is -2.25. The van der Waals surface area contributed by atoms with Crippen LogP contribution in [0.4, 0.5) is 5.69 Å².